The van der Waals surface area contributed by atoms with Gasteiger partial charge in [-0.1, -0.05) is 19.9 Å². The molecule has 0 spiro atoms. The molecule has 0 saturated carbocycles. The van der Waals surface area contributed by atoms with E-state index >= 15 is 0 Å². The second-order valence-electron chi connectivity index (χ2n) is 5.01. The normalized spacial score (nSPS) is 12.4. The third-order valence-electron chi connectivity index (χ3n) is 3.09. The molecule has 0 radical (unpaired) electrons. The van der Waals surface area contributed by atoms with Crippen molar-refractivity contribution in [3.05, 3.63) is 30.1 Å². The minimum Gasteiger partial charge on any atom is -0.325 e. The molecule has 0 aliphatic heterocycles. The molecule has 0 aliphatic carbocycles. The minimum absolute atomic E-state index is 0.0828. The van der Waals surface area contributed by atoms with Crippen molar-refractivity contribution in [1.82, 2.24) is 20.2 Å². The quantitative estimate of drug-likeness (QED) is 0.862. The zero-order valence-corrected chi connectivity index (χ0v) is 11.7. The van der Waals surface area contributed by atoms with E-state index in [-0.39, 0.29) is 11.8 Å². The molecule has 1 atom stereocenters. The number of carbonyl (C=O) groups is 1. The molecule has 1 heterocycles. The van der Waals surface area contributed by atoms with Gasteiger partial charge in [0.15, 0.2) is 0 Å². The Balaban J connectivity index is 2.22. The van der Waals surface area contributed by atoms with Gasteiger partial charge in [0.2, 0.25) is 5.91 Å². The predicted octanol–water partition coefficient (Wildman–Crippen LogP) is 0.893. The smallest absolute Gasteiger partial charge is 0.241 e. The van der Waals surface area contributed by atoms with Crippen LogP contribution in [0.25, 0.3) is 5.69 Å². The average molecular weight is 274 g/mol. The summed E-state index contributed by atoms with van der Waals surface area (Å²) in [7, 11) is 0. The molecule has 1 aromatic heterocycles. The number of nitrogens with one attached hydrogen (secondary N) is 1. The highest BCUT2D eigenvalue weighted by Crippen LogP contribution is 2.18. The molecule has 20 heavy (non-hydrogen) atoms. The summed E-state index contributed by atoms with van der Waals surface area (Å²) in [6.45, 7) is 5.76. The zero-order chi connectivity index (χ0) is 14.7. The van der Waals surface area contributed by atoms with Crippen LogP contribution in [0.2, 0.25) is 0 Å². The monoisotopic (exact) mass is 274 g/mol. The Morgan fingerprint density at radius 1 is 1.40 bits per heavy atom. The van der Waals surface area contributed by atoms with E-state index in [2.05, 4.69) is 20.8 Å². The van der Waals surface area contributed by atoms with Crippen LogP contribution in [-0.2, 0) is 4.79 Å². The van der Waals surface area contributed by atoms with E-state index in [1.165, 1.54) is 6.33 Å². The van der Waals surface area contributed by atoms with Crippen LogP contribution in [0.5, 0.6) is 0 Å². The Bertz CT molecular complexity index is 593. The summed E-state index contributed by atoms with van der Waals surface area (Å²) >= 11 is 0. The number of hydrogen-bond donors (Lipinski definition) is 2. The zero-order valence-electron chi connectivity index (χ0n) is 11.7. The van der Waals surface area contributed by atoms with Crippen molar-refractivity contribution in [2.24, 2.45) is 11.7 Å². The standard InChI is InChI=1S/C13H18N6O/c1-8(2)12(14)13(20)16-10-5-4-9(3)11(6-10)19-7-15-17-18-19/h4-8,12H,14H2,1-3H3,(H,16,20). The number of nitrogens with two attached hydrogens (primary N) is 1. The summed E-state index contributed by atoms with van der Waals surface area (Å²) in [6, 6.07) is 5.01. The first-order valence-corrected chi connectivity index (χ1v) is 6.39. The number of hydrogen-bond acceptors (Lipinski definition) is 5. The van der Waals surface area contributed by atoms with Gasteiger partial charge in [-0.25, -0.2) is 4.68 Å². The van der Waals surface area contributed by atoms with Crippen LogP contribution in [0.3, 0.4) is 0 Å². The van der Waals surface area contributed by atoms with Gasteiger partial charge in [0.25, 0.3) is 0 Å². The van der Waals surface area contributed by atoms with Gasteiger partial charge in [-0.3, -0.25) is 4.79 Å². The maximum absolute atomic E-state index is 12.0. The maximum Gasteiger partial charge on any atom is 0.241 e. The van der Waals surface area contributed by atoms with Crippen LogP contribution in [0, 0.1) is 12.8 Å². The maximum atomic E-state index is 12.0. The van der Waals surface area contributed by atoms with E-state index in [1.54, 1.807) is 4.68 Å². The second kappa shape index (κ2) is 5.79. The molecular weight excluding hydrogens is 256 g/mol. The number of anilines is 1. The van der Waals surface area contributed by atoms with Crippen molar-refractivity contribution in [2.75, 3.05) is 5.32 Å². The number of tetrazole rings is 1. The summed E-state index contributed by atoms with van der Waals surface area (Å²) in [4.78, 5) is 12.0. The molecule has 7 nitrogen and oxygen atoms in total. The van der Waals surface area contributed by atoms with E-state index in [1.807, 2.05) is 39.0 Å². The van der Waals surface area contributed by atoms with E-state index in [9.17, 15) is 4.79 Å². The van der Waals surface area contributed by atoms with Crippen LogP contribution in [-0.4, -0.2) is 32.2 Å². The van der Waals surface area contributed by atoms with Gasteiger partial charge in [-0.2, -0.15) is 0 Å². The van der Waals surface area contributed by atoms with Crippen molar-refractivity contribution >= 4 is 11.6 Å². The fourth-order valence-corrected chi connectivity index (χ4v) is 1.73. The molecule has 1 aromatic carbocycles. The minimum atomic E-state index is -0.534. The van der Waals surface area contributed by atoms with Crippen molar-refractivity contribution in [1.29, 1.82) is 0 Å². The first-order valence-electron chi connectivity index (χ1n) is 6.39. The van der Waals surface area contributed by atoms with E-state index in [4.69, 9.17) is 5.73 Å². The number of aromatic nitrogens is 4. The van der Waals surface area contributed by atoms with Crippen LogP contribution < -0.4 is 11.1 Å². The van der Waals surface area contributed by atoms with Crippen molar-refractivity contribution in [3.63, 3.8) is 0 Å². The highest BCUT2D eigenvalue weighted by molar-refractivity contribution is 5.95. The lowest BCUT2D eigenvalue weighted by Crippen LogP contribution is -2.39. The highest BCUT2D eigenvalue weighted by atomic mass is 16.2. The lowest BCUT2D eigenvalue weighted by molar-refractivity contribution is -0.118. The van der Waals surface area contributed by atoms with E-state index in [0.717, 1.165) is 11.3 Å². The Morgan fingerprint density at radius 3 is 2.75 bits per heavy atom. The van der Waals surface area contributed by atoms with Gasteiger partial charge in [-0.05, 0) is 41.0 Å². The van der Waals surface area contributed by atoms with Crippen molar-refractivity contribution < 1.29 is 4.79 Å². The summed E-state index contributed by atoms with van der Waals surface area (Å²) in [5, 5.41) is 13.9. The third kappa shape index (κ3) is 3.00. The largest absolute Gasteiger partial charge is 0.325 e. The van der Waals surface area contributed by atoms with Crippen molar-refractivity contribution in [2.45, 2.75) is 26.8 Å². The molecule has 106 valence electrons. The van der Waals surface area contributed by atoms with Crippen LogP contribution >= 0.6 is 0 Å². The lowest BCUT2D eigenvalue weighted by atomic mass is 10.0. The van der Waals surface area contributed by atoms with Gasteiger partial charge in [-0.15, -0.1) is 5.10 Å². The first-order chi connectivity index (χ1) is 9.49. The fourth-order valence-electron chi connectivity index (χ4n) is 1.73. The number of nitrogens with zero attached hydrogens (tertiary/aromatic N) is 4. The Kier molecular flexibility index (Phi) is 4.09. The predicted molar refractivity (Wildman–Crippen MR) is 75.3 cm³/mol. The molecule has 2 aromatic rings. The number of benzene rings is 1. The molecule has 2 rings (SSSR count). The number of rotatable bonds is 4. The molecule has 0 bridgehead atoms. The molecular formula is C13H18N6O. The summed E-state index contributed by atoms with van der Waals surface area (Å²) < 4.78 is 1.55. The Morgan fingerprint density at radius 2 is 2.15 bits per heavy atom. The molecule has 7 heteroatoms. The summed E-state index contributed by atoms with van der Waals surface area (Å²) in [5.41, 5.74) is 8.30. The number of amides is 1. The molecule has 1 amide bonds. The van der Waals surface area contributed by atoms with Gasteiger partial charge in [0.1, 0.15) is 6.33 Å². The van der Waals surface area contributed by atoms with Crippen molar-refractivity contribution in [3.8, 4) is 5.69 Å². The Hall–Kier alpha value is -2.28. The highest BCUT2D eigenvalue weighted by Gasteiger charge is 2.17. The molecule has 0 fully saturated rings. The topological polar surface area (TPSA) is 98.7 Å². The summed E-state index contributed by atoms with van der Waals surface area (Å²) in [5.74, 6) is -0.119. The molecule has 3 N–H and O–H groups in total. The number of aryl methyl sites for hydroxylation is 1. The second-order valence-corrected chi connectivity index (χ2v) is 5.01. The fraction of sp³-hybridized carbons (Fsp3) is 0.385. The summed E-state index contributed by atoms with van der Waals surface area (Å²) in [6.07, 6.45) is 1.51. The van der Waals surface area contributed by atoms with Gasteiger partial charge in [0.05, 0.1) is 11.7 Å². The third-order valence-corrected chi connectivity index (χ3v) is 3.09. The van der Waals surface area contributed by atoms with Gasteiger partial charge < -0.3 is 11.1 Å². The average Bonchev–Trinajstić information content (AvgIpc) is 2.93. The Labute approximate surface area is 117 Å². The first kappa shape index (κ1) is 14.1. The van der Waals surface area contributed by atoms with E-state index < -0.39 is 6.04 Å². The van der Waals surface area contributed by atoms with Crippen LogP contribution in [0.4, 0.5) is 5.69 Å². The SMILES string of the molecule is Cc1ccc(NC(=O)C(N)C(C)C)cc1-n1cnnn1. The number of carbonyl (C=O) groups excluding carboxylic acids is 1. The van der Waals surface area contributed by atoms with Crippen LogP contribution in [0.15, 0.2) is 24.5 Å². The van der Waals surface area contributed by atoms with Gasteiger partial charge in [0, 0.05) is 5.69 Å². The molecule has 0 saturated heterocycles. The lowest BCUT2D eigenvalue weighted by Gasteiger charge is -2.16. The van der Waals surface area contributed by atoms with Gasteiger partial charge >= 0.3 is 0 Å². The molecule has 0 aliphatic rings. The van der Waals surface area contributed by atoms with E-state index in [0.29, 0.717) is 5.69 Å². The van der Waals surface area contributed by atoms with Crippen LogP contribution in [0.1, 0.15) is 19.4 Å². The molecule has 1 unspecified atom stereocenters.